The molecule has 6 nitrogen and oxygen atoms in total. The lowest BCUT2D eigenvalue weighted by Crippen LogP contribution is -2.05. The number of carbonyl (C=O) groups excluding carboxylic acids is 2. The number of phenolic OH excluding ortho intramolecular Hbond substituents is 1. The van der Waals surface area contributed by atoms with Gasteiger partial charge in [-0.05, 0) is 38.1 Å². The summed E-state index contributed by atoms with van der Waals surface area (Å²) in [4.78, 5) is 23.4. The first-order valence-electron chi connectivity index (χ1n) is 6.84. The summed E-state index contributed by atoms with van der Waals surface area (Å²) in [5.74, 6) is -1.17. The number of phenols is 1. The van der Waals surface area contributed by atoms with Gasteiger partial charge in [-0.2, -0.15) is 0 Å². The van der Waals surface area contributed by atoms with Crippen LogP contribution in [-0.2, 0) is 14.3 Å². The predicted octanol–water partition coefficient (Wildman–Crippen LogP) is 2.89. The number of hydrogen-bond acceptors (Lipinski definition) is 6. The van der Waals surface area contributed by atoms with Crippen LogP contribution in [0.4, 0.5) is 0 Å². The van der Waals surface area contributed by atoms with E-state index in [4.69, 9.17) is 13.9 Å². The summed E-state index contributed by atoms with van der Waals surface area (Å²) in [6.45, 7) is 3.82. The van der Waals surface area contributed by atoms with Crippen LogP contribution in [0.5, 0.6) is 5.75 Å². The monoisotopic (exact) mass is 304 g/mol. The first kappa shape index (κ1) is 15.6. The second kappa shape index (κ2) is 6.80. The number of fused-ring (bicyclic) bond motifs is 1. The molecule has 0 spiro atoms. The standard InChI is InChI=1S/C16H16O6/c1-3-20-14(18)8-6-11-12-9-10(17)5-7-13(12)22-15(11)16(19)21-4-2/h5-9,17H,3-4H2,1-2H3/b8-6+. The Morgan fingerprint density at radius 3 is 2.64 bits per heavy atom. The number of esters is 2. The zero-order valence-corrected chi connectivity index (χ0v) is 12.3. The van der Waals surface area contributed by atoms with Gasteiger partial charge < -0.3 is 19.0 Å². The molecule has 0 unspecified atom stereocenters. The molecule has 0 saturated carbocycles. The van der Waals surface area contributed by atoms with Crippen molar-refractivity contribution in [2.45, 2.75) is 13.8 Å². The summed E-state index contributed by atoms with van der Waals surface area (Å²) < 4.78 is 15.2. The van der Waals surface area contributed by atoms with Crippen LogP contribution in [0.25, 0.3) is 17.0 Å². The highest BCUT2D eigenvalue weighted by atomic mass is 16.5. The van der Waals surface area contributed by atoms with E-state index in [1.54, 1.807) is 13.8 Å². The van der Waals surface area contributed by atoms with Crippen molar-refractivity contribution in [2.75, 3.05) is 13.2 Å². The van der Waals surface area contributed by atoms with Gasteiger partial charge in [-0.25, -0.2) is 9.59 Å². The van der Waals surface area contributed by atoms with E-state index in [1.807, 2.05) is 0 Å². The maximum Gasteiger partial charge on any atom is 0.374 e. The molecule has 0 amide bonds. The summed E-state index contributed by atoms with van der Waals surface area (Å²) in [5.41, 5.74) is 0.766. The Hall–Kier alpha value is -2.76. The average Bonchev–Trinajstić information content (AvgIpc) is 2.83. The number of carbonyl (C=O) groups is 2. The van der Waals surface area contributed by atoms with Gasteiger partial charge in [0, 0.05) is 17.0 Å². The summed E-state index contributed by atoms with van der Waals surface area (Å²) in [5, 5.41) is 10.1. The highest BCUT2D eigenvalue weighted by Gasteiger charge is 2.20. The Labute approximate surface area is 126 Å². The van der Waals surface area contributed by atoms with Crippen LogP contribution < -0.4 is 0 Å². The van der Waals surface area contributed by atoms with E-state index in [0.717, 1.165) is 0 Å². The van der Waals surface area contributed by atoms with Crippen molar-refractivity contribution < 1.29 is 28.6 Å². The Kier molecular flexibility index (Phi) is 4.83. The molecule has 116 valence electrons. The molecule has 0 fully saturated rings. The molecule has 6 heteroatoms. The molecule has 0 radical (unpaired) electrons. The van der Waals surface area contributed by atoms with E-state index >= 15 is 0 Å². The van der Waals surface area contributed by atoms with Crippen LogP contribution in [0.1, 0.15) is 30.0 Å². The minimum Gasteiger partial charge on any atom is -0.508 e. The first-order chi connectivity index (χ1) is 10.6. The molecule has 0 bridgehead atoms. The third-order valence-electron chi connectivity index (χ3n) is 2.84. The lowest BCUT2D eigenvalue weighted by Gasteiger charge is -1.99. The third-order valence-corrected chi connectivity index (χ3v) is 2.84. The van der Waals surface area contributed by atoms with Gasteiger partial charge in [0.25, 0.3) is 0 Å². The fourth-order valence-corrected chi connectivity index (χ4v) is 1.96. The SMILES string of the molecule is CCOC(=O)/C=C/c1c(C(=O)OCC)oc2ccc(O)cc12. The van der Waals surface area contributed by atoms with Gasteiger partial charge in [0.05, 0.1) is 13.2 Å². The van der Waals surface area contributed by atoms with Gasteiger partial charge >= 0.3 is 11.9 Å². The first-order valence-corrected chi connectivity index (χ1v) is 6.84. The number of ether oxygens (including phenoxy) is 2. The zero-order valence-electron chi connectivity index (χ0n) is 12.3. The van der Waals surface area contributed by atoms with Gasteiger partial charge in [0.1, 0.15) is 11.3 Å². The van der Waals surface area contributed by atoms with Crippen LogP contribution in [0.15, 0.2) is 28.7 Å². The van der Waals surface area contributed by atoms with Crippen molar-refractivity contribution in [1.82, 2.24) is 0 Å². The Balaban J connectivity index is 2.51. The topological polar surface area (TPSA) is 86.0 Å². The second-order valence-corrected chi connectivity index (χ2v) is 4.33. The summed E-state index contributed by atoms with van der Waals surface area (Å²) >= 11 is 0. The summed E-state index contributed by atoms with van der Waals surface area (Å²) in [7, 11) is 0. The molecular formula is C16H16O6. The molecule has 0 saturated heterocycles. The number of aromatic hydroxyl groups is 1. The highest BCUT2D eigenvalue weighted by molar-refractivity contribution is 6.02. The minimum absolute atomic E-state index is 0.0227. The quantitative estimate of drug-likeness (QED) is 0.675. The van der Waals surface area contributed by atoms with Crippen LogP contribution >= 0.6 is 0 Å². The summed E-state index contributed by atoms with van der Waals surface area (Å²) in [6.07, 6.45) is 2.61. The smallest absolute Gasteiger partial charge is 0.374 e. The molecule has 0 aliphatic carbocycles. The van der Waals surface area contributed by atoms with Gasteiger partial charge in [-0.3, -0.25) is 0 Å². The number of rotatable bonds is 5. The molecule has 2 aromatic rings. The molecule has 1 aromatic carbocycles. The Morgan fingerprint density at radius 1 is 1.23 bits per heavy atom. The molecule has 1 N–H and O–H groups in total. The fraction of sp³-hybridized carbons (Fsp3) is 0.250. The van der Waals surface area contributed by atoms with Crippen LogP contribution in [0, 0.1) is 0 Å². The maximum absolute atomic E-state index is 12.0. The van der Waals surface area contributed by atoms with Crippen molar-refractivity contribution in [2.24, 2.45) is 0 Å². The lowest BCUT2D eigenvalue weighted by atomic mass is 10.1. The van der Waals surface area contributed by atoms with E-state index in [2.05, 4.69) is 0 Å². The second-order valence-electron chi connectivity index (χ2n) is 4.33. The highest BCUT2D eigenvalue weighted by Crippen LogP contribution is 2.30. The van der Waals surface area contributed by atoms with E-state index in [0.29, 0.717) is 16.5 Å². The molecule has 0 aliphatic heterocycles. The molecular weight excluding hydrogens is 288 g/mol. The van der Waals surface area contributed by atoms with E-state index in [1.165, 1.54) is 30.4 Å². The molecule has 0 atom stereocenters. The molecule has 2 rings (SSSR count). The molecule has 22 heavy (non-hydrogen) atoms. The number of furan rings is 1. The van der Waals surface area contributed by atoms with Crippen molar-refractivity contribution in [3.63, 3.8) is 0 Å². The number of benzene rings is 1. The van der Waals surface area contributed by atoms with Crippen molar-refractivity contribution in [1.29, 1.82) is 0 Å². The van der Waals surface area contributed by atoms with Gasteiger partial charge in [0.2, 0.25) is 5.76 Å². The molecule has 0 aliphatic rings. The van der Waals surface area contributed by atoms with E-state index in [9.17, 15) is 14.7 Å². The lowest BCUT2D eigenvalue weighted by molar-refractivity contribution is -0.137. The Morgan fingerprint density at radius 2 is 1.95 bits per heavy atom. The average molecular weight is 304 g/mol. The zero-order chi connectivity index (χ0) is 16.1. The third kappa shape index (κ3) is 3.28. The largest absolute Gasteiger partial charge is 0.508 e. The van der Waals surface area contributed by atoms with E-state index in [-0.39, 0.29) is 24.7 Å². The van der Waals surface area contributed by atoms with Gasteiger partial charge in [-0.15, -0.1) is 0 Å². The van der Waals surface area contributed by atoms with Crippen molar-refractivity contribution >= 4 is 29.0 Å². The molecule has 1 aromatic heterocycles. The van der Waals surface area contributed by atoms with Crippen LogP contribution in [0.2, 0.25) is 0 Å². The van der Waals surface area contributed by atoms with E-state index < -0.39 is 11.9 Å². The summed E-state index contributed by atoms with van der Waals surface area (Å²) in [6, 6.07) is 4.43. The molecule has 1 heterocycles. The normalized spacial score (nSPS) is 11.0. The van der Waals surface area contributed by atoms with Crippen molar-refractivity contribution in [3.8, 4) is 5.75 Å². The minimum atomic E-state index is -0.637. The Bertz CT molecular complexity index is 726. The fourth-order valence-electron chi connectivity index (χ4n) is 1.96. The van der Waals surface area contributed by atoms with Crippen molar-refractivity contribution in [3.05, 3.63) is 35.6 Å². The number of hydrogen-bond donors (Lipinski definition) is 1. The maximum atomic E-state index is 12.0. The van der Waals surface area contributed by atoms with Crippen LogP contribution in [0.3, 0.4) is 0 Å². The van der Waals surface area contributed by atoms with Gasteiger partial charge in [0.15, 0.2) is 0 Å². The van der Waals surface area contributed by atoms with Crippen LogP contribution in [-0.4, -0.2) is 30.3 Å². The van der Waals surface area contributed by atoms with Gasteiger partial charge in [-0.1, -0.05) is 0 Å². The predicted molar refractivity (Wildman–Crippen MR) is 79.5 cm³/mol.